The summed E-state index contributed by atoms with van der Waals surface area (Å²) in [6, 6.07) is 3.68. The van der Waals surface area contributed by atoms with Crippen molar-refractivity contribution in [2.45, 2.75) is 31.1 Å². The summed E-state index contributed by atoms with van der Waals surface area (Å²) < 4.78 is 27.4. The summed E-state index contributed by atoms with van der Waals surface area (Å²) in [5.41, 5.74) is 0.00434. The number of hydrogen-bond acceptors (Lipinski definition) is 4. The van der Waals surface area contributed by atoms with E-state index in [0.29, 0.717) is 0 Å². The van der Waals surface area contributed by atoms with Crippen LogP contribution >= 0.6 is 11.6 Å². The fourth-order valence-electron chi connectivity index (χ4n) is 1.43. The highest BCUT2D eigenvalue weighted by Crippen LogP contribution is 2.20. The van der Waals surface area contributed by atoms with Gasteiger partial charge in [0.05, 0.1) is 22.1 Å². The third-order valence-corrected chi connectivity index (χ3v) is 3.71. The maximum absolute atomic E-state index is 11.8. The molecule has 0 fully saturated rings. The van der Waals surface area contributed by atoms with Crippen LogP contribution in [-0.4, -0.2) is 21.0 Å². The minimum atomic E-state index is -3.87. The molecule has 0 amide bonds. The van der Waals surface area contributed by atoms with E-state index in [1.807, 2.05) is 6.92 Å². The third kappa shape index (κ3) is 4.81. The number of carbonyl (C=O) groups is 1. The van der Waals surface area contributed by atoms with Crippen LogP contribution in [0.1, 0.15) is 36.5 Å². The van der Waals surface area contributed by atoms with Gasteiger partial charge in [-0.1, -0.05) is 31.4 Å². The molecule has 0 atom stereocenters. The van der Waals surface area contributed by atoms with E-state index in [1.165, 1.54) is 12.1 Å². The molecule has 19 heavy (non-hydrogen) atoms. The van der Waals surface area contributed by atoms with Crippen LogP contribution in [0, 0.1) is 0 Å². The molecule has 0 heterocycles. The Hall–Kier alpha value is -1.11. The van der Waals surface area contributed by atoms with Gasteiger partial charge in [-0.15, -0.1) is 0 Å². The van der Waals surface area contributed by atoms with Crippen molar-refractivity contribution < 1.29 is 17.9 Å². The molecule has 0 aliphatic heterocycles. The van der Waals surface area contributed by atoms with Crippen molar-refractivity contribution in [1.29, 1.82) is 0 Å². The molecule has 5 nitrogen and oxygen atoms in total. The van der Waals surface area contributed by atoms with Crippen LogP contribution in [0.15, 0.2) is 23.1 Å². The number of benzene rings is 1. The Balaban J connectivity index is 2.84. The van der Waals surface area contributed by atoms with E-state index >= 15 is 0 Å². The number of carbonyl (C=O) groups excluding carboxylic acids is 1. The SMILES string of the molecule is CCCCCOC(=O)c1cc(S(N)(=O)=O)ccc1Cl. The molecule has 1 aromatic rings. The Morgan fingerprint density at radius 3 is 2.63 bits per heavy atom. The smallest absolute Gasteiger partial charge is 0.339 e. The summed E-state index contributed by atoms with van der Waals surface area (Å²) in [7, 11) is -3.87. The summed E-state index contributed by atoms with van der Waals surface area (Å²) >= 11 is 5.84. The van der Waals surface area contributed by atoms with Gasteiger partial charge < -0.3 is 4.74 Å². The number of unbranched alkanes of at least 4 members (excludes halogenated alkanes) is 2. The first-order valence-corrected chi connectivity index (χ1v) is 7.78. The van der Waals surface area contributed by atoms with Gasteiger partial charge in [0, 0.05) is 0 Å². The zero-order chi connectivity index (χ0) is 14.5. The lowest BCUT2D eigenvalue weighted by Gasteiger charge is -2.07. The molecule has 106 valence electrons. The van der Waals surface area contributed by atoms with Crippen LogP contribution < -0.4 is 5.14 Å². The second-order valence-corrected chi connectivity index (χ2v) is 6.00. The van der Waals surface area contributed by atoms with E-state index in [4.69, 9.17) is 21.5 Å². The van der Waals surface area contributed by atoms with Gasteiger partial charge in [0.2, 0.25) is 10.0 Å². The van der Waals surface area contributed by atoms with E-state index in [-0.39, 0.29) is 22.1 Å². The quantitative estimate of drug-likeness (QED) is 0.645. The first kappa shape index (κ1) is 15.9. The van der Waals surface area contributed by atoms with Crippen molar-refractivity contribution in [3.05, 3.63) is 28.8 Å². The van der Waals surface area contributed by atoms with Crippen LogP contribution in [-0.2, 0) is 14.8 Å². The summed E-state index contributed by atoms with van der Waals surface area (Å²) in [6.07, 6.45) is 2.73. The summed E-state index contributed by atoms with van der Waals surface area (Å²) in [4.78, 5) is 11.6. The van der Waals surface area contributed by atoms with Gasteiger partial charge in [-0.3, -0.25) is 0 Å². The molecular formula is C12H16ClNO4S. The molecular weight excluding hydrogens is 290 g/mol. The summed E-state index contributed by atoms with van der Waals surface area (Å²) in [5, 5.41) is 5.12. The Labute approximate surface area is 117 Å². The number of ether oxygens (including phenoxy) is 1. The molecule has 2 N–H and O–H groups in total. The van der Waals surface area contributed by atoms with Gasteiger partial charge in [0.25, 0.3) is 0 Å². The first-order chi connectivity index (χ1) is 8.86. The third-order valence-electron chi connectivity index (χ3n) is 2.47. The molecule has 7 heteroatoms. The predicted molar refractivity (Wildman–Crippen MR) is 72.6 cm³/mol. The first-order valence-electron chi connectivity index (χ1n) is 5.85. The number of sulfonamides is 1. The molecule has 0 spiro atoms. The fraction of sp³-hybridized carbons (Fsp3) is 0.417. The lowest BCUT2D eigenvalue weighted by molar-refractivity contribution is 0.0498. The van der Waals surface area contributed by atoms with Crippen LogP contribution in [0.4, 0.5) is 0 Å². The van der Waals surface area contributed by atoms with Crippen LogP contribution in [0.3, 0.4) is 0 Å². The Bertz CT molecular complexity index is 557. The van der Waals surface area contributed by atoms with Crippen molar-refractivity contribution in [3.63, 3.8) is 0 Å². The largest absolute Gasteiger partial charge is 0.462 e. The number of hydrogen-bond donors (Lipinski definition) is 1. The van der Waals surface area contributed by atoms with E-state index in [9.17, 15) is 13.2 Å². The van der Waals surface area contributed by atoms with E-state index < -0.39 is 16.0 Å². The van der Waals surface area contributed by atoms with Crippen molar-refractivity contribution in [2.24, 2.45) is 5.14 Å². The van der Waals surface area contributed by atoms with Gasteiger partial charge >= 0.3 is 5.97 Å². The molecule has 0 saturated carbocycles. The lowest BCUT2D eigenvalue weighted by Crippen LogP contribution is -2.14. The molecule has 1 rings (SSSR count). The molecule has 0 radical (unpaired) electrons. The van der Waals surface area contributed by atoms with Gasteiger partial charge in [-0.25, -0.2) is 18.4 Å². The minimum absolute atomic E-state index is 0.00434. The van der Waals surface area contributed by atoms with Crippen molar-refractivity contribution >= 4 is 27.6 Å². The topological polar surface area (TPSA) is 86.5 Å². The molecule has 0 aliphatic carbocycles. The average molecular weight is 306 g/mol. The number of esters is 1. The Kier molecular flexibility index (Phi) is 5.78. The second-order valence-electron chi connectivity index (χ2n) is 4.03. The molecule has 0 aliphatic rings. The molecule has 1 aromatic carbocycles. The second kappa shape index (κ2) is 6.88. The highest BCUT2D eigenvalue weighted by Gasteiger charge is 2.16. The molecule has 0 saturated heterocycles. The van der Waals surface area contributed by atoms with Gasteiger partial charge in [0.1, 0.15) is 0 Å². The van der Waals surface area contributed by atoms with Gasteiger partial charge in [0.15, 0.2) is 0 Å². The monoisotopic (exact) mass is 305 g/mol. The van der Waals surface area contributed by atoms with Gasteiger partial charge in [-0.05, 0) is 24.6 Å². The predicted octanol–water partition coefficient (Wildman–Crippen LogP) is 2.33. The van der Waals surface area contributed by atoms with E-state index in [1.54, 1.807) is 0 Å². The number of primary sulfonamides is 1. The van der Waals surface area contributed by atoms with Crippen molar-refractivity contribution in [1.82, 2.24) is 0 Å². The average Bonchev–Trinajstić information content (AvgIpc) is 2.33. The van der Waals surface area contributed by atoms with Crippen LogP contribution in [0.25, 0.3) is 0 Å². The minimum Gasteiger partial charge on any atom is -0.462 e. The molecule has 0 bridgehead atoms. The zero-order valence-electron chi connectivity index (χ0n) is 10.6. The standard InChI is InChI=1S/C12H16ClNO4S/c1-2-3-4-7-18-12(15)10-8-9(19(14,16)17)5-6-11(10)13/h5-6,8H,2-4,7H2,1H3,(H2,14,16,17). The normalized spacial score (nSPS) is 11.3. The Morgan fingerprint density at radius 2 is 2.05 bits per heavy atom. The highest BCUT2D eigenvalue weighted by atomic mass is 35.5. The molecule has 0 aromatic heterocycles. The van der Waals surface area contributed by atoms with Crippen molar-refractivity contribution in [3.8, 4) is 0 Å². The van der Waals surface area contributed by atoms with Crippen molar-refractivity contribution in [2.75, 3.05) is 6.61 Å². The fourth-order valence-corrected chi connectivity index (χ4v) is 2.17. The zero-order valence-corrected chi connectivity index (χ0v) is 12.1. The van der Waals surface area contributed by atoms with E-state index in [2.05, 4.69) is 0 Å². The maximum atomic E-state index is 11.8. The van der Waals surface area contributed by atoms with Crippen LogP contribution in [0.2, 0.25) is 5.02 Å². The highest BCUT2D eigenvalue weighted by molar-refractivity contribution is 7.89. The van der Waals surface area contributed by atoms with Crippen LogP contribution in [0.5, 0.6) is 0 Å². The Morgan fingerprint density at radius 1 is 1.37 bits per heavy atom. The summed E-state index contributed by atoms with van der Waals surface area (Å²) in [6.45, 7) is 2.32. The molecule has 0 unspecified atom stereocenters. The van der Waals surface area contributed by atoms with E-state index in [0.717, 1.165) is 25.3 Å². The summed E-state index contributed by atoms with van der Waals surface area (Å²) in [5.74, 6) is -0.647. The lowest BCUT2D eigenvalue weighted by atomic mass is 10.2. The maximum Gasteiger partial charge on any atom is 0.339 e. The van der Waals surface area contributed by atoms with Gasteiger partial charge in [-0.2, -0.15) is 0 Å². The number of rotatable bonds is 6. The number of nitrogens with two attached hydrogens (primary N) is 1. The number of halogens is 1.